The summed E-state index contributed by atoms with van der Waals surface area (Å²) >= 11 is 0. The van der Waals surface area contributed by atoms with Crippen LogP contribution in [0.1, 0.15) is 323 Å². The predicted molar refractivity (Wildman–Crippen MR) is 284 cm³/mol. The van der Waals surface area contributed by atoms with Crippen molar-refractivity contribution >= 4 is 17.9 Å². The standard InChI is InChI=1S/C60H112O6/c1-4-7-10-13-16-19-21-23-25-26-27-28-29-30-31-32-33-34-35-37-38-41-44-47-50-53-59(62)65-56-57(55-64-58(61)52-49-46-43-40-18-15-12-9-6-3)66-60(63)54-51-48-45-42-39-36-24-22-20-17-14-11-8-5-2/h14,17,22,24,57H,4-13,15-16,18-21,23,25-56H2,1-3H3/b17-14-,24-22-. The molecule has 0 aliphatic rings. The zero-order valence-corrected chi connectivity index (χ0v) is 44.5. The lowest BCUT2D eigenvalue weighted by atomic mass is 10.0. The second kappa shape index (κ2) is 55.5. The fraction of sp³-hybridized carbons (Fsp3) is 0.883. The first kappa shape index (κ1) is 63.9. The van der Waals surface area contributed by atoms with E-state index in [-0.39, 0.29) is 31.1 Å². The van der Waals surface area contributed by atoms with E-state index in [2.05, 4.69) is 45.1 Å². The summed E-state index contributed by atoms with van der Waals surface area (Å²) in [6.45, 7) is 6.61. The Kier molecular flexibility index (Phi) is 53.7. The van der Waals surface area contributed by atoms with Crippen molar-refractivity contribution in [3.8, 4) is 0 Å². The molecule has 6 heteroatoms. The van der Waals surface area contributed by atoms with E-state index in [1.54, 1.807) is 0 Å². The van der Waals surface area contributed by atoms with Crippen molar-refractivity contribution in [1.82, 2.24) is 0 Å². The number of unbranched alkanes of at least 4 members (excludes halogenated alkanes) is 39. The SMILES string of the molecule is CCCC/C=C\C/C=C\CCCCCCCC(=O)OC(COC(=O)CCCCCCCCCCC)COC(=O)CCCCCCCCCCCCCCCCCCCCCCCCCCC. The predicted octanol–water partition coefficient (Wildman–Crippen LogP) is 19.5. The molecule has 6 nitrogen and oxygen atoms in total. The average Bonchev–Trinajstić information content (AvgIpc) is 3.31. The van der Waals surface area contributed by atoms with E-state index in [0.29, 0.717) is 19.3 Å². The van der Waals surface area contributed by atoms with Gasteiger partial charge < -0.3 is 14.2 Å². The number of allylic oxidation sites excluding steroid dienone is 4. The Morgan fingerprint density at radius 1 is 0.303 bits per heavy atom. The van der Waals surface area contributed by atoms with Gasteiger partial charge in [-0.15, -0.1) is 0 Å². The summed E-state index contributed by atoms with van der Waals surface area (Å²) < 4.78 is 16.8. The first-order valence-electron chi connectivity index (χ1n) is 29.3. The molecule has 0 spiro atoms. The molecule has 0 saturated carbocycles. The van der Waals surface area contributed by atoms with Gasteiger partial charge in [0.25, 0.3) is 0 Å². The molecular weight excluding hydrogens is 817 g/mol. The number of esters is 3. The highest BCUT2D eigenvalue weighted by Crippen LogP contribution is 2.17. The van der Waals surface area contributed by atoms with Gasteiger partial charge in [-0.3, -0.25) is 14.4 Å². The molecule has 0 aromatic carbocycles. The molecule has 0 rings (SSSR count). The van der Waals surface area contributed by atoms with Crippen LogP contribution in [0.15, 0.2) is 24.3 Å². The molecule has 0 heterocycles. The van der Waals surface area contributed by atoms with Crippen molar-refractivity contribution < 1.29 is 28.6 Å². The average molecular weight is 930 g/mol. The minimum absolute atomic E-state index is 0.0721. The summed E-state index contributed by atoms with van der Waals surface area (Å²) in [7, 11) is 0. The zero-order chi connectivity index (χ0) is 47.9. The molecule has 0 saturated heterocycles. The second-order valence-corrected chi connectivity index (χ2v) is 19.9. The molecule has 66 heavy (non-hydrogen) atoms. The summed E-state index contributed by atoms with van der Waals surface area (Å²) in [5.74, 6) is -0.871. The highest BCUT2D eigenvalue weighted by Gasteiger charge is 2.19. The van der Waals surface area contributed by atoms with Gasteiger partial charge in [-0.05, 0) is 44.9 Å². The first-order chi connectivity index (χ1) is 32.5. The Hall–Kier alpha value is -2.11. The van der Waals surface area contributed by atoms with Crippen LogP contribution in [0.2, 0.25) is 0 Å². The normalized spacial score (nSPS) is 12.1. The zero-order valence-electron chi connectivity index (χ0n) is 44.5. The van der Waals surface area contributed by atoms with Crippen LogP contribution in [-0.2, 0) is 28.6 Å². The van der Waals surface area contributed by atoms with Crippen molar-refractivity contribution in [2.75, 3.05) is 13.2 Å². The molecule has 388 valence electrons. The molecule has 0 radical (unpaired) electrons. The Balaban J connectivity index is 4.13. The minimum Gasteiger partial charge on any atom is -0.462 e. The smallest absolute Gasteiger partial charge is 0.306 e. The molecule has 0 aliphatic carbocycles. The van der Waals surface area contributed by atoms with Gasteiger partial charge in [0, 0.05) is 19.3 Å². The molecular formula is C60H112O6. The quantitative estimate of drug-likeness (QED) is 0.0262. The summed E-state index contributed by atoms with van der Waals surface area (Å²) in [6.07, 6.45) is 64.8. The van der Waals surface area contributed by atoms with Gasteiger partial charge in [0.15, 0.2) is 6.10 Å². The van der Waals surface area contributed by atoms with Gasteiger partial charge >= 0.3 is 17.9 Å². The van der Waals surface area contributed by atoms with Crippen molar-refractivity contribution in [2.24, 2.45) is 0 Å². The summed E-state index contributed by atoms with van der Waals surface area (Å²) in [5.41, 5.74) is 0. The molecule has 0 N–H and O–H groups in total. The van der Waals surface area contributed by atoms with E-state index in [9.17, 15) is 14.4 Å². The Morgan fingerprint density at radius 2 is 0.561 bits per heavy atom. The van der Waals surface area contributed by atoms with Crippen LogP contribution in [0, 0.1) is 0 Å². The Bertz CT molecular complexity index is 1070. The van der Waals surface area contributed by atoms with Gasteiger partial charge in [-0.25, -0.2) is 0 Å². The molecule has 0 aromatic rings. The van der Waals surface area contributed by atoms with Gasteiger partial charge in [-0.2, -0.15) is 0 Å². The maximum Gasteiger partial charge on any atom is 0.306 e. The lowest BCUT2D eigenvalue weighted by molar-refractivity contribution is -0.167. The van der Waals surface area contributed by atoms with Gasteiger partial charge in [0.1, 0.15) is 13.2 Å². The van der Waals surface area contributed by atoms with Crippen LogP contribution >= 0.6 is 0 Å². The number of rotatable bonds is 54. The van der Waals surface area contributed by atoms with E-state index in [1.165, 1.54) is 199 Å². The fourth-order valence-corrected chi connectivity index (χ4v) is 8.76. The van der Waals surface area contributed by atoms with Crippen LogP contribution in [0.25, 0.3) is 0 Å². The molecule has 0 amide bonds. The topological polar surface area (TPSA) is 78.9 Å². The monoisotopic (exact) mass is 929 g/mol. The number of carbonyl (C=O) groups is 3. The van der Waals surface area contributed by atoms with Crippen LogP contribution in [0.5, 0.6) is 0 Å². The largest absolute Gasteiger partial charge is 0.462 e. The molecule has 0 aliphatic heterocycles. The van der Waals surface area contributed by atoms with E-state index >= 15 is 0 Å². The third-order valence-electron chi connectivity index (χ3n) is 13.2. The lowest BCUT2D eigenvalue weighted by Gasteiger charge is -2.18. The van der Waals surface area contributed by atoms with Gasteiger partial charge in [-0.1, -0.05) is 283 Å². The summed E-state index contributed by atoms with van der Waals surface area (Å²) in [6, 6.07) is 0. The number of ether oxygens (including phenoxy) is 3. The van der Waals surface area contributed by atoms with Gasteiger partial charge in [0.2, 0.25) is 0 Å². The minimum atomic E-state index is -0.772. The summed E-state index contributed by atoms with van der Waals surface area (Å²) in [5, 5.41) is 0. The second-order valence-electron chi connectivity index (χ2n) is 19.9. The maximum absolute atomic E-state index is 12.8. The number of hydrogen-bond donors (Lipinski definition) is 0. The van der Waals surface area contributed by atoms with E-state index < -0.39 is 6.10 Å². The van der Waals surface area contributed by atoms with Crippen LogP contribution in [-0.4, -0.2) is 37.2 Å². The molecule has 1 atom stereocenters. The van der Waals surface area contributed by atoms with Crippen molar-refractivity contribution in [1.29, 1.82) is 0 Å². The third-order valence-corrected chi connectivity index (χ3v) is 13.2. The van der Waals surface area contributed by atoms with Crippen LogP contribution in [0.3, 0.4) is 0 Å². The molecule has 0 bridgehead atoms. The number of carbonyl (C=O) groups excluding carboxylic acids is 3. The van der Waals surface area contributed by atoms with Gasteiger partial charge in [0.05, 0.1) is 0 Å². The fourth-order valence-electron chi connectivity index (χ4n) is 8.76. The van der Waals surface area contributed by atoms with Crippen molar-refractivity contribution in [2.45, 2.75) is 329 Å². The van der Waals surface area contributed by atoms with E-state index in [1.807, 2.05) is 0 Å². The Labute approximate surface area is 411 Å². The van der Waals surface area contributed by atoms with E-state index in [0.717, 1.165) is 83.5 Å². The third kappa shape index (κ3) is 52.9. The highest BCUT2D eigenvalue weighted by molar-refractivity contribution is 5.71. The lowest BCUT2D eigenvalue weighted by Crippen LogP contribution is -2.30. The van der Waals surface area contributed by atoms with Crippen LogP contribution < -0.4 is 0 Å². The number of hydrogen-bond acceptors (Lipinski definition) is 6. The van der Waals surface area contributed by atoms with E-state index in [4.69, 9.17) is 14.2 Å². The molecule has 0 fully saturated rings. The van der Waals surface area contributed by atoms with Crippen molar-refractivity contribution in [3.05, 3.63) is 24.3 Å². The molecule has 0 aromatic heterocycles. The Morgan fingerprint density at radius 3 is 0.879 bits per heavy atom. The maximum atomic E-state index is 12.8. The van der Waals surface area contributed by atoms with Crippen LogP contribution in [0.4, 0.5) is 0 Å². The van der Waals surface area contributed by atoms with Crippen molar-refractivity contribution in [3.63, 3.8) is 0 Å². The highest BCUT2D eigenvalue weighted by atomic mass is 16.6. The summed E-state index contributed by atoms with van der Waals surface area (Å²) in [4.78, 5) is 38.0. The molecule has 1 unspecified atom stereocenters. The first-order valence-corrected chi connectivity index (χ1v) is 29.3.